The molecule has 0 spiro atoms. The highest BCUT2D eigenvalue weighted by molar-refractivity contribution is 7.89. The second-order valence-electron chi connectivity index (χ2n) is 10.6. The van der Waals surface area contributed by atoms with Crippen LogP contribution in [0.25, 0.3) is 5.69 Å². The summed E-state index contributed by atoms with van der Waals surface area (Å²) in [6, 6.07) is 15.8. The summed E-state index contributed by atoms with van der Waals surface area (Å²) in [6.45, 7) is 12.1. The highest BCUT2D eigenvalue weighted by atomic mass is 32.2. The lowest BCUT2D eigenvalue weighted by atomic mass is 9.92. The van der Waals surface area contributed by atoms with Gasteiger partial charge in [0.25, 0.3) is 0 Å². The second kappa shape index (κ2) is 11.5. The molecule has 0 saturated carbocycles. The van der Waals surface area contributed by atoms with Gasteiger partial charge in [-0.05, 0) is 55.2 Å². The van der Waals surface area contributed by atoms with E-state index in [0.29, 0.717) is 18.0 Å². The summed E-state index contributed by atoms with van der Waals surface area (Å²) in [5.74, 6) is 0.893. The third-order valence-electron chi connectivity index (χ3n) is 6.06. The minimum Gasteiger partial charge on any atom is -0.497 e. The van der Waals surface area contributed by atoms with Crippen molar-refractivity contribution in [3.63, 3.8) is 0 Å². The highest BCUT2D eigenvalue weighted by Crippen LogP contribution is 2.28. The topological polar surface area (TPSA) is 93.5 Å². The summed E-state index contributed by atoms with van der Waals surface area (Å²) in [7, 11) is -2.38. The molecule has 0 bridgehead atoms. The van der Waals surface area contributed by atoms with E-state index < -0.39 is 15.9 Å². The second-order valence-corrected chi connectivity index (χ2v) is 12.5. The summed E-state index contributed by atoms with van der Waals surface area (Å²) in [6.07, 6.45) is 0.623. The average molecular weight is 527 g/mol. The number of para-hydroxylation sites is 1. The van der Waals surface area contributed by atoms with Crippen LogP contribution in [0.4, 0.5) is 5.82 Å². The Morgan fingerprint density at radius 1 is 1.11 bits per heavy atom. The molecule has 0 aliphatic carbocycles. The van der Waals surface area contributed by atoms with E-state index in [1.54, 1.807) is 16.8 Å². The number of carbonyl (C=O) groups excluding carboxylic acids is 1. The number of hydrogen-bond acceptors (Lipinski definition) is 5. The van der Waals surface area contributed by atoms with Crippen molar-refractivity contribution in [3.05, 3.63) is 65.9 Å². The van der Waals surface area contributed by atoms with Crippen molar-refractivity contribution in [1.29, 1.82) is 0 Å². The van der Waals surface area contributed by atoms with Gasteiger partial charge in [0.1, 0.15) is 11.6 Å². The lowest BCUT2D eigenvalue weighted by Crippen LogP contribution is -2.39. The third-order valence-corrected chi connectivity index (χ3v) is 7.92. The molecule has 1 aromatic heterocycles. The molecule has 0 radical (unpaired) electrons. The number of aromatic nitrogens is 2. The largest absolute Gasteiger partial charge is 0.497 e. The normalized spacial score (nSPS) is 12.2. The molecule has 0 unspecified atom stereocenters. The van der Waals surface area contributed by atoms with Crippen molar-refractivity contribution >= 4 is 21.7 Å². The van der Waals surface area contributed by atoms with E-state index in [9.17, 15) is 13.2 Å². The van der Waals surface area contributed by atoms with E-state index in [2.05, 4.69) is 26.1 Å². The summed E-state index contributed by atoms with van der Waals surface area (Å²) in [5, 5.41) is 7.70. The molecule has 200 valence electrons. The van der Waals surface area contributed by atoms with Crippen LogP contribution >= 0.6 is 0 Å². The Morgan fingerprint density at radius 3 is 2.32 bits per heavy atom. The number of aryl methyl sites for hydroxylation is 1. The zero-order valence-electron chi connectivity index (χ0n) is 22.8. The predicted molar refractivity (Wildman–Crippen MR) is 147 cm³/mol. The van der Waals surface area contributed by atoms with Gasteiger partial charge in [0.15, 0.2) is 0 Å². The molecule has 9 heteroatoms. The fraction of sp³-hybridized carbons (Fsp3) is 0.429. The Kier molecular flexibility index (Phi) is 8.81. The number of carbonyl (C=O) groups is 1. The smallest absolute Gasteiger partial charge is 0.243 e. The van der Waals surface area contributed by atoms with Gasteiger partial charge in [-0.15, -0.1) is 0 Å². The number of nitrogens with zero attached hydrogens (tertiary/aromatic N) is 3. The van der Waals surface area contributed by atoms with Crippen molar-refractivity contribution in [2.24, 2.45) is 5.92 Å². The van der Waals surface area contributed by atoms with Gasteiger partial charge in [0, 0.05) is 18.0 Å². The molecule has 0 aliphatic rings. The number of hydrogen-bond donors (Lipinski definition) is 1. The Bertz CT molecular complexity index is 1320. The molecule has 0 saturated heterocycles. The predicted octanol–water partition coefficient (Wildman–Crippen LogP) is 5.16. The molecule has 3 aromatic rings. The van der Waals surface area contributed by atoms with Crippen LogP contribution in [0.1, 0.15) is 52.3 Å². The molecule has 1 N–H and O–H groups in total. The van der Waals surface area contributed by atoms with E-state index >= 15 is 0 Å². The number of sulfonamides is 1. The van der Waals surface area contributed by atoms with Crippen LogP contribution in [0, 0.1) is 12.8 Å². The van der Waals surface area contributed by atoms with Crippen molar-refractivity contribution < 1.29 is 17.9 Å². The first-order valence-corrected chi connectivity index (χ1v) is 13.9. The molecule has 2 aromatic carbocycles. The Balaban J connectivity index is 1.92. The first-order chi connectivity index (χ1) is 17.3. The first-order valence-electron chi connectivity index (χ1n) is 12.4. The van der Waals surface area contributed by atoms with E-state index in [4.69, 9.17) is 9.84 Å². The number of benzene rings is 2. The lowest BCUT2D eigenvalue weighted by molar-refractivity contribution is -0.116. The summed E-state index contributed by atoms with van der Waals surface area (Å²) < 4.78 is 35.1. The lowest BCUT2D eigenvalue weighted by Gasteiger charge is -2.23. The number of ether oxygens (including phenoxy) is 1. The standard InChI is InChI=1S/C28H38N4O4S/c1-20(2)16-17-31(37(34,35)23-14-12-22(36-7)13-15-23)19-27(33)29-26-18-25(28(4,5)6)30-32(26)24-11-9-8-10-21(24)3/h8-15,18,20H,16-17,19H2,1-7H3,(H,29,33). The molecule has 0 fully saturated rings. The highest BCUT2D eigenvalue weighted by Gasteiger charge is 2.28. The summed E-state index contributed by atoms with van der Waals surface area (Å²) >= 11 is 0. The summed E-state index contributed by atoms with van der Waals surface area (Å²) in [5.41, 5.74) is 2.42. The van der Waals surface area contributed by atoms with Gasteiger partial charge < -0.3 is 10.1 Å². The van der Waals surface area contributed by atoms with E-state index in [-0.39, 0.29) is 29.3 Å². The van der Waals surface area contributed by atoms with E-state index in [0.717, 1.165) is 16.9 Å². The molecular formula is C28H38N4O4S. The van der Waals surface area contributed by atoms with Crippen LogP contribution in [0.2, 0.25) is 0 Å². The van der Waals surface area contributed by atoms with Crippen molar-refractivity contribution in [2.75, 3.05) is 25.5 Å². The minimum absolute atomic E-state index is 0.116. The maximum atomic E-state index is 13.5. The quantitative estimate of drug-likeness (QED) is 0.394. The number of methoxy groups -OCH3 is 1. The van der Waals surface area contributed by atoms with Crippen LogP contribution < -0.4 is 10.1 Å². The first kappa shape index (κ1) is 28.4. The monoisotopic (exact) mass is 526 g/mol. The van der Waals surface area contributed by atoms with Crippen LogP contribution in [0.5, 0.6) is 5.75 Å². The molecule has 3 rings (SSSR count). The molecule has 8 nitrogen and oxygen atoms in total. The maximum Gasteiger partial charge on any atom is 0.243 e. The van der Waals surface area contributed by atoms with Crippen molar-refractivity contribution in [3.8, 4) is 11.4 Å². The number of rotatable bonds is 10. The number of amides is 1. The van der Waals surface area contributed by atoms with Crippen LogP contribution in [-0.2, 0) is 20.2 Å². The molecule has 0 aliphatic heterocycles. The molecule has 37 heavy (non-hydrogen) atoms. The molecule has 1 amide bonds. The Morgan fingerprint density at radius 2 is 1.76 bits per heavy atom. The Hall–Kier alpha value is -3.17. The van der Waals surface area contributed by atoms with Gasteiger partial charge in [-0.2, -0.15) is 9.40 Å². The number of nitrogens with one attached hydrogen (secondary N) is 1. The van der Waals surface area contributed by atoms with Gasteiger partial charge in [0.05, 0.1) is 29.9 Å². The maximum absolute atomic E-state index is 13.5. The van der Waals surface area contributed by atoms with Crippen molar-refractivity contribution in [2.45, 2.75) is 58.3 Å². The van der Waals surface area contributed by atoms with E-state index in [1.807, 2.05) is 51.1 Å². The van der Waals surface area contributed by atoms with Gasteiger partial charge in [-0.25, -0.2) is 13.1 Å². The fourth-order valence-corrected chi connectivity index (χ4v) is 5.16. The van der Waals surface area contributed by atoms with E-state index in [1.165, 1.54) is 23.5 Å². The number of anilines is 1. The zero-order chi connectivity index (χ0) is 27.4. The van der Waals surface area contributed by atoms with Crippen LogP contribution in [0.3, 0.4) is 0 Å². The van der Waals surface area contributed by atoms with Crippen LogP contribution in [-0.4, -0.2) is 48.6 Å². The minimum atomic E-state index is -3.90. The Labute approximate surface area is 220 Å². The van der Waals surface area contributed by atoms with Gasteiger partial charge >= 0.3 is 0 Å². The SMILES string of the molecule is COc1ccc(S(=O)(=O)N(CCC(C)C)CC(=O)Nc2cc(C(C)(C)C)nn2-c2ccccc2C)cc1. The zero-order valence-corrected chi connectivity index (χ0v) is 23.6. The molecule has 0 atom stereocenters. The van der Waals surface area contributed by atoms with Gasteiger partial charge in [0.2, 0.25) is 15.9 Å². The molecular weight excluding hydrogens is 488 g/mol. The van der Waals surface area contributed by atoms with Gasteiger partial charge in [-0.3, -0.25) is 4.79 Å². The molecule has 1 heterocycles. The van der Waals surface area contributed by atoms with Crippen LogP contribution in [0.15, 0.2) is 59.5 Å². The third kappa shape index (κ3) is 6.99. The average Bonchev–Trinajstić information content (AvgIpc) is 3.25. The summed E-state index contributed by atoms with van der Waals surface area (Å²) in [4.78, 5) is 13.4. The van der Waals surface area contributed by atoms with Gasteiger partial charge in [-0.1, -0.05) is 52.8 Å². The fourth-order valence-electron chi connectivity index (χ4n) is 3.75. The van der Waals surface area contributed by atoms with Crippen molar-refractivity contribution in [1.82, 2.24) is 14.1 Å².